The minimum absolute atomic E-state index is 0.00397. The van der Waals surface area contributed by atoms with Crippen LogP contribution in [0.3, 0.4) is 0 Å². The van der Waals surface area contributed by atoms with Crippen molar-refractivity contribution in [3.63, 3.8) is 0 Å². The monoisotopic (exact) mass is 380 g/mol. The third-order valence-corrected chi connectivity index (χ3v) is 6.27. The van der Waals surface area contributed by atoms with Crippen molar-refractivity contribution in [2.75, 3.05) is 16.0 Å². The number of nitriles is 1. The first kappa shape index (κ1) is 17.6. The van der Waals surface area contributed by atoms with Gasteiger partial charge in [0.05, 0.1) is 23.4 Å². The van der Waals surface area contributed by atoms with Gasteiger partial charge in [0, 0.05) is 4.88 Å². The van der Waals surface area contributed by atoms with Crippen LogP contribution in [0.25, 0.3) is 0 Å². The van der Waals surface area contributed by atoms with Crippen LogP contribution in [0.5, 0.6) is 0 Å². The van der Waals surface area contributed by atoms with Crippen LogP contribution in [-0.4, -0.2) is 17.9 Å². The van der Waals surface area contributed by atoms with Gasteiger partial charge in [-0.3, -0.25) is 9.59 Å². The predicted molar refractivity (Wildman–Crippen MR) is 106 cm³/mol. The van der Waals surface area contributed by atoms with E-state index in [4.69, 9.17) is 0 Å². The average molecular weight is 380 g/mol. The molecule has 2 heterocycles. The first-order valence-electron chi connectivity index (χ1n) is 9.06. The molecule has 3 N–H and O–H groups in total. The Morgan fingerprint density at radius 2 is 2.15 bits per heavy atom. The standard InChI is InChI=1S/C20H20N4O2S/c1-11-6-7-12-13(10-21)20(27-17(12)8-11)24-18(25)9-16-19(26)23-15-5-3-2-4-14(15)22-16/h2-5,11,16,22H,6-9H2,1H3,(H,23,26)(H,24,25)/t11-,16+/m1/s1. The molecule has 0 spiro atoms. The van der Waals surface area contributed by atoms with Gasteiger partial charge in [-0.25, -0.2) is 0 Å². The molecule has 2 aromatic rings. The van der Waals surface area contributed by atoms with Crippen molar-refractivity contribution in [2.24, 2.45) is 5.92 Å². The number of nitrogens with one attached hydrogen (secondary N) is 3. The molecule has 1 aromatic heterocycles. The number of para-hydroxylation sites is 2. The normalized spacial score (nSPS) is 20.5. The Hall–Kier alpha value is -2.85. The van der Waals surface area contributed by atoms with Crippen LogP contribution in [0.1, 0.15) is 35.8 Å². The second-order valence-corrected chi connectivity index (χ2v) is 8.26. The molecule has 2 atom stereocenters. The third-order valence-electron chi connectivity index (χ3n) is 5.10. The molecular formula is C20H20N4O2S. The van der Waals surface area contributed by atoms with Crippen LogP contribution in [0.2, 0.25) is 0 Å². The lowest BCUT2D eigenvalue weighted by atomic mass is 9.88. The van der Waals surface area contributed by atoms with Crippen molar-refractivity contribution < 1.29 is 9.59 Å². The molecule has 6 nitrogen and oxygen atoms in total. The topological polar surface area (TPSA) is 94.0 Å². The summed E-state index contributed by atoms with van der Waals surface area (Å²) in [5.41, 5.74) is 3.18. The number of benzene rings is 1. The molecule has 0 saturated heterocycles. The van der Waals surface area contributed by atoms with Gasteiger partial charge in [-0.05, 0) is 42.9 Å². The van der Waals surface area contributed by atoms with E-state index in [1.807, 2.05) is 24.3 Å². The number of carbonyl (C=O) groups excluding carboxylic acids is 2. The number of hydrogen-bond donors (Lipinski definition) is 3. The molecular weight excluding hydrogens is 360 g/mol. The van der Waals surface area contributed by atoms with E-state index in [1.54, 1.807) is 0 Å². The largest absolute Gasteiger partial charge is 0.372 e. The SMILES string of the molecule is C[C@@H]1CCc2c(sc(NC(=O)C[C@@H]3Nc4ccccc4NC3=O)c2C#N)C1. The Balaban J connectivity index is 1.48. The maximum Gasteiger partial charge on any atom is 0.247 e. The molecule has 0 unspecified atom stereocenters. The van der Waals surface area contributed by atoms with Gasteiger partial charge in [-0.1, -0.05) is 19.1 Å². The van der Waals surface area contributed by atoms with Gasteiger partial charge in [0.1, 0.15) is 17.1 Å². The van der Waals surface area contributed by atoms with Crippen molar-refractivity contribution in [3.05, 3.63) is 40.3 Å². The third kappa shape index (κ3) is 3.40. The molecule has 2 aliphatic rings. The van der Waals surface area contributed by atoms with Gasteiger partial charge in [-0.15, -0.1) is 11.3 Å². The zero-order valence-electron chi connectivity index (χ0n) is 15.0. The second-order valence-electron chi connectivity index (χ2n) is 7.15. The molecule has 138 valence electrons. The number of anilines is 3. The van der Waals surface area contributed by atoms with Crippen molar-refractivity contribution in [2.45, 2.75) is 38.6 Å². The Bertz CT molecular complexity index is 959. The fraction of sp³-hybridized carbons (Fsp3) is 0.350. The smallest absolute Gasteiger partial charge is 0.247 e. The zero-order chi connectivity index (χ0) is 19.0. The van der Waals surface area contributed by atoms with Crippen LogP contribution in [0.15, 0.2) is 24.3 Å². The highest BCUT2D eigenvalue weighted by Crippen LogP contribution is 2.39. The van der Waals surface area contributed by atoms with E-state index in [9.17, 15) is 14.9 Å². The van der Waals surface area contributed by atoms with Crippen LogP contribution in [0, 0.1) is 17.2 Å². The summed E-state index contributed by atoms with van der Waals surface area (Å²) in [6.45, 7) is 2.21. The molecule has 2 amide bonds. The number of fused-ring (bicyclic) bond motifs is 2. The highest BCUT2D eigenvalue weighted by Gasteiger charge is 2.29. The van der Waals surface area contributed by atoms with Gasteiger partial charge in [-0.2, -0.15) is 5.26 Å². The predicted octanol–water partition coefficient (Wildman–Crippen LogP) is 3.51. The summed E-state index contributed by atoms with van der Waals surface area (Å²) in [5.74, 6) is 0.0929. The average Bonchev–Trinajstić information content (AvgIpc) is 2.98. The second kappa shape index (κ2) is 7.05. The summed E-state index contributed by atoms with van der Waals surface area (Å²) in [7, 11) is 0. The number of amides is 2. The van der Waals surface area contributed by atoms with E-state index < -0.39 is 6.04 Å². The summed E-state index contributed by atoms with van der Waals surface area (Å²) in [6, 6.07) is 9.00. The Kier molecular flexibility index (Phi) is 4.58. The first-order valence-corrected chi connectivity index (χ1v) is 9.87. The maximum atomic E-state index is 12.5. The quantitative estimate of drug-likeness (QED) is 0.759. The summed E-state index contributed by atoms with van der Waals surface area (Å²) in [6.07, 6.45) is 2.91. The molecule has 27 heavy (non-hydrogen) atoms. The molecule has 0 saturated carbocycles. The molecule has 0 fully saturated rings. The molecule has 1 aromatic carbocycles. The van der Waals surface area contributed by atoms with E-state index in [0.29, 0.717) is 22.2 Å². The Labute approximate surface area is 161 Å². The lowest BCUT2D eigenvalue weighted by molar-refractivity contribution is -0.122. The molecule has 1 aliphatic carbocycles. The summed E-state index contributed by atoms with van der Waals surface area (Å²) in [5, 5.41) is 18.9. The van der Waals surface area contributed by atoms with Crippen LogP contribution in [-0.2, 0) is 22.4 Å². The number of hydrogen-bond acceptors (Lipinski definition) is 5. The maximum absolute atomic E-state index is 12.5. The lowest BCUT2D eigenvalue weighted by Gasteiger charge is -2.26. The Morgan fingerprint density at radius 1 is 1.37 bits per heavy atom. The minimum atomic E-state index is -0.639. The van der Waals surface area contributed by atoms with Gasteiger partial charge < -0.3 is 16.0 Å². The van der Waals surface area contributed by atoms with E-state index in [0.717, 1.165) is 30.5 Å². The van der Waals surface area contributed by atoms with Crippen LogP contribution >= 0.6 is 11.3 Å². The number of thiophene rings is 1. The van der Waals surface area contributed by atoms with Crippen molar-refractivity contribution >= 4 is 39.5 Å². The minimum Gasteiger partial charge on any atom is -0.372 e. The van der Waals surface area contributed by atoms with Gasteiger partial charge in [0.25, 0.3) is 0 Å². The number of carbonyl (C=O) groups is 2. The fourth-order valence-corrected chi connectivity index (χ4v) is 5.03. The molecule has 0 radical (unpaired) electrons. The summed E-state index contributed by atoms with van der Waals surface area (Å²) in [4.78, 5) is 26.0. The highest BCUT2D eigenvalue weighted by molar-refractivity contribution is 7.16. The van der Waals surface area contributed by atoms with Gasteiger partial charge in [0.15, 0.2) is 0 Å². The molecule has 0 bridgehead atoms. The van der Waals surface area contributed by atoms with E-state index in [1.165, 1.54) is 16.2 Å². The van der Waals surface area contributed by atoms with Crippen molar-refractivity contribution in [1.29, 1.82) is 5.26 Å². The highest BCUT2D eigenvalue weighted by atomic mass is 32.1. The lowest BCUT2D eigenvalue weighted by Crippen LogP contribution is -2.41. The molecule has 1 aliphatic heterocycles. The zero-order valence-corrected chi connectivity index (χ0v) is 15.8. The summed E-state index contributed by atoms with van der Waals surface area (Å²) >= 11 is 1.49. The fourth-order valence-electron chi connectivity index (χ4n) is 3.66. The van der Waals surface area contributed by atoms with E-state index in [-0.39, 0.29) is 18.2 Å². The Morgan fingerprint density at radius 3 is 2.93 bits per heavy atom. The number of rotatable bonds is 3. The van der Waals surface area contributed by atoms with Gasteiger partial charge in [0.2, 0.25) is 11.8 Å². The summed E-state index contributed by atoms with van der Waals surface area (Å²) < 4.78 is 0. The van der Waals surface area contributed by atoms with Crippen LogP contribution < -0.4 is 16.0 Å². The van der Waals surface area contributed by atoms with E-state index >= 15 is 0 Å². The van der Waals surface area contributed by atoms with Crippen molar-refractivity contribution in [1.82, 2.24) is 0 Å². The van der Waals surface area contributed by atoms with Crippen molar-refractivity contribution in [3.8, 4) is 6.07 Å². The molecule has 7 heteroatoms. The molecule has 4 rings (SSSR count). The first-order chi connectivity index (χ1) is 13.0. The van der Waals surface area contributed by atoms with E-state index in [2.05, 4.69) is 28.9 Å². The van der Waals surface area contributed by atoms with Crippen LogP contribution in [0.4, 0.5) is 16.4 Å². The number of nitrogens with zero attached hydrogens (tertiary/aromatic N) is 1. The van der Waals surface area contributed by atoms with Gasteiger partial charge >= 0.3 is 0 Å².